The van der Waals surface area contributed by atoms with Gasteiger partial charge in [-0.15, -0.1) is 11.6 Å². The lowest BCUT2D eigenvalue weighted by Gasteiger charge is -2.34. The van der Waals surface area contributed by atoms with E-state index in [4.69, 9.17) is 16.6 Å². The fraction of sp³-hybridized carbons (Fsp3) is 0.389. The summed E-state index contributed by atoms with van der Waals surface area (Å²) >= 11 is 6.05. The zero-order chi connectivity index (χ0) is 14.8. The van der Waals surface area contributed by atoms with Gasteiger partial charge in [0, 0.05) is 23.8 Å². The Kier molecular flexibility index (Phi) is 4.16. The van der Waals surface area contributed by atoms with Crippen LogP contribution in [0.25, 0.3) is 0 Å². The molecule has 0 saturated carbocycles. The first-order chi connectivity index (χ1) is 10.2. The molecule has 0 bridgehead atoms. The van der Waals surface area contributed by atoms with E-state index in [1.165, 1.54) is 11.3 Å². The Bertz CT molecular complexity index is 617. The third-order valence-electron chi connectivity index (χ3n) is 4.06. The molecule has 3 heteroatoms. The third kappa shape index (κ3) is 2.91. The van der Waals surface area contributed by atoms with Crippen LogP contribution in [0.5, 0.6) is 0 Å². The zero-order valence-electron chi connectivity index (χ0n) is 12.6. The van der Waals surface area contributed by atoms with Crippen LogP contribution >= 0.6 is 11.6 Å². The van der Waals surface area contributed by atoms with Crippen LogP contribution in [0.2, 0.25) is 0 Å². The number of pyridine rings is 1. The Balaban J connectivity index is 2.08. The summed E-state index contributed by atoms with van der Waals surface area (Å²) < 4.78 is 0. The summed E-state index contributed by atoms with van der Waals surface area (Å²) in [6.07, 6.45) is 2.07. The maximum absolute atomic E-state index is 6.05. The molecule has 0 aliphatic carbocycles. The van der Waals surface area contributed by atoms with Crippen molar-refractivity contribution in [2.45, 2.75) is 32.6 Å². The number of para-hydroxylation sites is 1. The molecule has 1 aliphatic rings. The molecule has 0 N–H and O–H groups in total. The van der Waals surface area contributed by atoms with Crippen LogP contribution in [0.15, 0.2) is 36.4 Å². The molecule has 1 unspecified atom stereocenters. The van der Waals surface area contributed by atoms with Gasteiger partial charge >= 0.3 is 0 Å². The van der Waals surface area contributed by atoms with E-state index in [9.17, 15) is 0 Å². The van der Waals surface area contributed by atoms with Gasteiger partial charge in [-0.05, 0) is 48.1 Å². The van der Waals surface area contributed by atoms with Gasteiger partial charge in [0.25, 0.3) is 0 Å². The number of fused-ring (bicyclic) bond motifs is 1. The van der Waals surface area contributed by atoms with E-state index in [1.807, 2.05) is 0 Å². The topological polar surface area (TPSA) is 16.1 Å². The molecule has 3 rings (SSSR count). The standard InChI is InChI=1S/C18H21ClN2/c1-3-16-9-14(11-19)10-18(20-16)21-12-13(2)8-15-6-4-5-7-17(15)21/h4-7,9-10,13H,3,8,11-12H2,1-2H3. The number of nitrogens with zero attached hydrogens (tertiary/aromatic N) is 2. The van der Waals surface area contributed by atoms with Gasteiger partial charge in [0.1, 0.15) is 5.82 Å². The van der Waals surface area contributed by atoms with Crippen molar-refractivity contribution >= 4 is 23.1 Å². The predicted molar refractivity (Wildman–Crippen MR) is 89.5 cm³/mol. The first-order valence-electron chi connectivity index (χ1n) is 7.62. The average molecular weight is 301 g/mol. The lowest BCUT2D eigenvalue weighted by atomic mass is 9.94. The molecule has 0 saturated heterocycles. The van der Waals surface area contributed by atoms with Crippen molar-refractivity contribution in [3.8, 4) is 0 Å². The smallest absolute Gasteiger partial charge is 0.133 e. The Morgan fingerprint density at radius 3 is 2.86 bits per heavy atom. The Labute approximate surface area is 131 Å². The average Bonchev–Trinajstić information content (AvgIpc) is 2.53. The summed E-state index contributed by atoms with van der Waals surface area (Å²) in [6.45, 7) is 5.45. The molecule has 2 aromatic rings. The number of alkyl halides is 1. The number of hydrogen-bond donors (Lipinski definition) is 0. The predicted octanol–water partition coefficient (Wildman–Crippen LogP) is 4.71. The van der Waals surface area contributed by atoms with Crippen molar-refractivity contribution in [3.05, 3.63) is 53.2 Å². The van der Waals surface area contributed by atoms with E-state index in [0.29, 0.717) is 11.8 Å². The van der Waals surface area contributed by atoms with Crippen LogP contribution in [0, 0.1) is 5.92 Å². The van der Waals surface area contributed by atoms with Crippen molar-refractivity contribution in [1.29, 1.82) is 0 Å². The summed E-state index contributed by atoms with van der Waals surface area (Å²) in [5, 5.41) is 0. The number of benzene rings is 1. The van der Waals surface area contributed by atoms with Crippen LogP contribution in [-0.4, -0.2) is 11.5 Å². The highest BCUT2D eigenvalue weighted by molar-refractivity contribution is 6.17. The van der Waals surface area contributed by atoms with Crippen molar-refractivity contribution in [2.75, 3.05) is 11.4 Å². The fourth-order valence-electron chi connectivity index (χ4n) is 3.04. The number of aryl methyl sites for hydroxylation is 1. The van der Waals surface area contributed by atoms with Crippen molar-refractivity contribution < 1.29 is 0 Å². The second-order valence-corrected chi connectivity index (χ2v) is 6.13. The molecule has 0 fully saturated rings. The molecule has 1 aromatic carbocycles. The quantitative estimate of drug-likeness (QED) is 0.763. The van der Waals surface area contributed by atoms with Gasteiger partial charge in [0.05, 0.1) is 0 Å². The molecule has 0 spiro atoms. The Hall–Kier alpha value is -1.54. The van der Waals surface area contributed by atoms with E-state index in [-0.39, 0.29) is 0 Å². The highest BCUT2D eigenvalue weighted by Crippen LogP contribution is 2.34. The van der Waals surface area contributed by atoms with Gasteiger partial charge in [-0.3, -0.25) is 0 Å². The summed E-state index contributed by atoms with van der Waals surface area (Å²) in [5.74, 6) is 2.20. The largest absolute Gasteiger partial charge is 0.326 e. The van der Waals surface area contributed by atoms with Gasteiger partial charge in [0.15, 0.2) is 0 Å². The summed E-state index contributed by atoms with van der Waals surface area (Å²) in [5.41, 5.74) is 4.96. The molecule has 2 nitrogen and oxygen atoms in total. The molecule has 0 amide bonds. The summed E-state index contributed by atoms with van der Waals surface area (Å²) in [7, 11) is 0. The lowest BCUT2D eigenvalue weighted by Crippen LogP contribution is -2.31. The molecule has 1 aromatic heterocycles. The number of rotatable bonds is 3. The van der Waals surface area contributed by atoms with Crippen LogP contribution in [0.1, 0.15) is 30.7 Å². The van der Waals surface area contributed by atoms with Crippen molar-refractivity contribution in [2.24, 2.45) is 5.92 Å². The van der Waals surface area contributed by atoms with Crippen LogP contribution in [0.3, 0.4) is 0 Å². The maximum Gasteiger partial charge on any atom is 0.133 e. The second kappa shape index (κ2) is 6.07. The minimum absolute atomic E-state index is 0.535. The maximum atomic E-state index is 6.05. The molecule has 1 atom stereocenters. The number of halogens is 1. The molecule has 0 radical (unpaired) electrons. The van der Waals surface area contributed by atoms with E-state index < -0.39 is 0 Å². The monoisotopic (exact) mass is 300 g/mol. The van der Waals surface area contributed by atoms with E-state index in [2.05, 4.69) is 55.1 Å². The normalized spacial score (nSPS) is 17.7. The Morgan fingerprint density at radius 2 is 2.10 bits per heavy atom. The number of hydrogen-bond acceptors (Lipinski definition) is 2. The minimum atomic E-state index is 0.535. The molecule has 2 heterocycles. The zero-order valence-corrected chi connectivity index (χ0v) is 13.4. The molecule has 21 heavy (non-hydrogen) atoms. The van der Waals surface area contributed by atoms with Gasteiger partial charge in [0.2, 0.25) is 0 Å². The minimum Gasteiger partial charge on any atom is -0.326 e. The van der Waals surface area contributed by atoms with Crippen LogP contribution in [0.4, 0.5) is 11.5 Å². The molecular weight excluding hydrogens is 280 g/mol. The van der Waals surface area contributed by atoms with E-state index in [1.54, 1.807) is 0 Å². The molecular formula is C18H21ClN2. The summed E-state index contributed by atoms with van der Waals surface area (Å²) in [4.78, 5) is 7.17. The van der Waals surface area contributed by atoms with E-state index in [0.717, 1.165) is 36.5 Å². The van der Waals surface area contributed by atoms with Gasteiger partial charge in [-0.25, -0.2) is 4.98 Å². The fourth-order valence-corrected chi connectivity index (χ4v) is 3.20. The van der Waals surface area contributed by atoms with E-state index >= 15 is 0 Å². The molecule has 1 aliphatic heterocycles. The molecule has 110 valence electrons. The first-order valence-corrected chi connectivity index (χ1v) is 8.16. The van der Waals surface area contributed by atoms with Gasteiger partial charge < -0.3 is 4.90 Å². The van der Waals surface area contributed by atoms with Crippen LogP contribution < -0.4 is 4.90 Å². The highest BCUT2D eigenvalue weighted by atomic mass is 35.5. The second-order valence-electron chi connectivity index (χ2n) is 5.86. The number of anilines is 2. The first kappa shape index (κ1) is 14.4. The summed E-state index contributed by atoms with van der Waals surface area (Å²) in [6, 6.07) is 12.9. The number of aromatic nitrogens is 1. The highest BCUT2D eigenvalue weighted by Gasteiger charge is 2.23. The lowest BCUT2D eigenvalue weighted by molar-refractivity contribution is 0.559. The Morgan fingerprint density at radius 1 is 1.29 bits per heavy atom. The van der Waals surface area contributed by atoms with Crippen molar-refractivity contribution in [1.82, 2.24) is 4.98 Å². The van der Waals surface area contributed by atoms with Gasteiger partial charge in [-0.2, -0.15) is 0 Å². The third-order valence-corrected chi connectivity index (χ3v) is 4.37. The van der Waals surface area contributed by atoms with Gasteiger partial charge in [-0.1, -0.05) is 32.0 Å². The van der Waals surface area contributed by atoms with Crippen LogP contribution in [-0.2, 0) is 18.7 Å². The SMILES string of the molecule is CCc1cc(CCl)cc(N2CC(C)Cc3ccccc32)n1. The van der Waals surface area contributed by atoms with Crippen molar-refractivity contribution in [3.63, 3.8) is 0 Å².